The molecular formula is C8H14O2. The van der Waals surface area contributed by atoms with Crippen molar-refractivity contribution in [2.45, 2.75) is 32.6 Å². The van der Waals surface area contributed by atoms with Crippen molar-refractivity contribution in [3.8, 4) is 0 Å². The van der Waals surface area contributed by atoms with E-state index in [1.807, 2.05) is 6.92 Å². The van der Waals surface area contributed by atoms with Gasteiger partial charge in [0.15, 0.2) is 0 Å². The maximum absolute atomic E-state index is 11.0. The number of hydrogen-bond donors (Lipinski definition) is 0. The summed E-state index contributed by atoms with van der Waals surface area (Å²) < 4.78 is 4.97. The van der Waals surface area contributed by atoms with Gasteiger partial charge in [-0.2, -0.15) is 0 Å². The van der Waals surface area contributed by atoms with E-state index in [2.05, 4.69) is 0 Å². The minimum Gasteiger partial charge on any atom is -0.465 e. The molecule has 0 spiro atoms. The Bertz CT molecular complexity index is 120. The summed E-state index contributed by atoms with van der Waals surface area (Å²) in [4.78, 5) is 11.0. The summed E-state index contributed by atoms with van der Waals surface area (Å²) in [5.74, 6) is 0.197. The smallest absolute Gasteiger partial charge is 0.308 e. The predicted octanol–water partition coefficient (Wildman–Crippen LogP) is 1.74. The molecule has 1 unspecified atom stereocenters. The SMILES string of the molecule is CCC1CCCCOC1=O. The third kappa shape index (κ3) is 1.72. The zero-order chi connectivity index (χ0) is 7.40. The third-order valence-electron chi connectivity index (χ3n) is 2.02. The molecule has 0 aromatic carbocycles. The van der Waals surface area contributed by atoms with Crippen molar-refractivity contribution >= 4 is 5.97 Å². The molecule has 0 N–H and O–H groups in total. The lowest BCUT2D eigenvalue weighted by Gasteiger charge is -2.07. The van der Waals surface area contributed by atoms with Crippen LogP contribution in [0.5, 0.6) is 0 Å². The summed E-state index contributed by atoms with van der Waals surface area (Å²) in [7, 11) is 0. The van der Waals surface area contributed by atoms with Gasteiger partial charge in [-0.1, -0.05) is 6.92 Å². The molecule has 2 heteroatoms. The largest absolute Gasteiger partial charge is 0.465 e. The number of hydrogen-bond acceptors (Lipinski definition) is 2. The molecule has 2 nitrogen and oxygen atoms in total. The van der Waals surface area contributed by atoms with Gasteiger partial charge in [-0.25, -0.2) is 0 Å². The van der Waals surface area contributed by atoms with Crippen LogP contribution in [0.25, 0.3) is 0 Å². The second-order valence-electron chi connectivity index (χ2n) is 2.77. The molecule has 1 rings (SSSR count). The van der Waals surface area contributed by atoms with Crippen LogP contribution in [0.2, 0.25) is 0 Å². The van der Waals surface area contributed by atoms with E-state index in [1.165, 1.54) is 0 Å². The van der Waals surface area contributed by atoms with Crippen LogP contribution in [0.15, 0.2) is 0 Å². The van der Waals surface area contributed by atoms with Crippen molar-refractivity contribution < 1.29 is 9.53 Å². The van der Waals surface area contributed by atoms with Gasteiger partial charge in [-0.05, 0) is 25.7 Å². The van der Waals surface area contributed by atoms with Crippen LogP contribution < -0.4 is 0 Å². The highest BCUT2D eigenvalue weighted by Gasteiger charge is 2.19. The molecule has 1 saturated heterocycles. The molecule has 1 fully saturated rings. The van der Waals surface area contributed by atoms with Crippen LogP contribution in [0.1, 0.15) is 32.6 Å². The Hall–Kier alpha value is -0.530. The molecule has 0 bridgehead atoms. The minimum atomic E-state index is 0.0139. The Labute approximate surface area is 61.6 Å². The highest BCUT2D eigenvalue weighted by atomic mass is 16.5. The van der Waals surface area contributed by atoms with Crippen molar-refractivity contribution in [3.05, 3.63) is 0 Å². The van der Waals surface area contributed by atoms with Crippen LogP contribution in [0.4, 0.5) is 0 Å². The molecular weight excluding hydrogens is 128 g/mol. The molecule has 0 amide bonds. The molecule has 1 heterocycles. The average molecular weight is 142 g/mol. The van der Waals surface area contributed by atoms with Gasteiger partial charge >= 0.3 is 5.97 Å². The molecule has 0 radical (unpaired) electrons. The minimum absolute atomic E-state index is 0.0139. The monoisotopic (exact) mass is 142 g/mol. The van der Waals surface area contributed by atoms with E-state index in [9.17, 15) is 4.79 Å². The summed E-state index contributed by atoms with van der Waals surface area (Å²) in [6.45, 7) is 2.67. The van der Waals surface area contributed by atoms with E-state index < -0.39 is 0 Å². The first kappa shape index (κ1) is 7.58. The van der Waals surface area contributed by atoms with E-state index in [1.54, 1.807) is 0 Å². The topological polar surface area (TPSA) is 26.3 Å². The highest BCUT2D eigenvalue weighted by Crippen LogP contribution is 2.17. The fraction of sp³-hybridized carbons (Fsp3) is 0.875. The lowest BCUT2D eigenvalue weighted by molar-refractivity contribution is -0.147. The maximum Gasteiger partial charge on any atom is 0.308 e. The van der Waals surface area contributed by atoms with Crippen molar-refractivity contribution in [1.29, 1.82) is 0 Å². The van der Waals surface area contributed by atoms with Crippen LogP contribution >= 0.6 is 0 Å². The van der Waals surface area contributed by atoms with Crippen molar-refractivity contribution in [2.75, 3.05) is 6.61 Å². The summed E-state index contributed by atoms with van der Waals surface area (Å²) >= 11 is 0. The maximum atomic E-state index is 11.0. The number of carbonyl (C=O) groups excluding carboxylic acids is 1. The standard InChI is InChI=1S/C8H14O2/c1-2-7-5-3-4-6-10-8(7)9/h7H,2-6H2,1H3. The van der Waals surface area contributed by atoms with Gasteiger partial charge in [0.1, 0.15) is 0 Å². The van der Waals surface area contributed by atoms with E-state index in [-0.39, 0.29) is 11.9 Å². The second-order valence-corrected chi connectivity index (χ2v) is 2.77. The molecule has 1 atom stereocenters. The van der Waals surface area contributed by atoms with E-state index in [0.29, 0.717) is 6.61 Å². The van der Waals surface area contributed by atoms with Crippen LogP contribution in [0.3, 0.4) is 0 Å². The number of ether oxygens (including phenoxy) is 1. The Morgan fingerprint density at radius 1 is 1.60 bits per heavy atom. The lowest BCUT2D eigenvalue weighted by Crippen LogP contribution is -2.14. The summed E-state index contributed by atoms with van der Waals surface area (Å²) in [5, 5.41) is 0. The van der Waals surface area contributed by atoms with E-state index in [0.717, 1.165) is 25.7 Å². The second kappa shape index (κ2) is 3.59. The van der Waals surface area contributed by atoms with E-state index in [4.69, 9.17) is 4.74 Å². The molecule has 1 aliphatic rings. The first-order chi connectivity index (χ1) is 4.84. The summed E-state index contributed by atoms with van der Waals surface area (Å²) in [5.41, 5.74) is 0. The summed E-state index contributed by atoms with van der Waals surface area (Å²) in [6, 6.07) is 0. The van der Waals surface area contributed by atoms with Crippen molar-refractivity contribution in [3.63, 3.8) is 0 Å². The first-order valence-corrected chi connectivity index (χ1v) is 4.01. The number of esters is 1. The number of rotatable bonds is 1. The quantitative estimate of drug-likeness (QED) is 0.521. The highest BCUT2D eigenvalue weighted by molar-refractivity contribution is 5.72. The number of cyclic esters (lactones) is 1. The van der Waals surface area contributed by atoms with Gasteiger partial charge in [0.05, 0.1) is 12.5 Å². The molecule has 0 aliphatic carbocycles. The zero-order valence-electron chi connectivity index (χ0n) is 6.43. The van der Waals surface area contributed by atoms with Crippen LogP contribution in [-0.2, 0) is 9.53 Å². The molecule has 0 aromatic rings. The first-order valence-electron chi connectivity index (χ1n) is 4.01. The normalized spacial score (nSPS) is 27.3. The van der Waals surface area contributed by atoms with Crippen molar-refractivity contribution in [2.24, 2.45) is 5.92 Å². The van der Waals surface area contributed by atoms with E-state index >= 15 is 0 Å². The van der Waals surface area contributed by atoms with Gasteiger partial charge in [0.25, 0.3) is 0 Å². The van der Waals surface area contributed by atoms with Crippen LogP contribution in [-0.4, -0.2) is 12.6 Å². The molecule has 1 aliphatic heterocycles. The molecule has 58 valence electrons. The zero-order valence-corrected chi connectivity index (χ0v) is 6.43. The Balaban J connectivity index is 2.43. The average Bonchev–Trinajstić information content (AvgIpc) is 2.13. The molecule has 10 heavy (non-hydrogen) atoms. The van der Waals surface area contributed by atoms with Crippen molar-refractivity contribution in [1.82, 2.24) is 0 Å². The number of carbonyl (C=O) groups is 1. The Morgan fingerprint density at radius 3 is 3.10 bits per heavy atom. The van der Waals surface area contributed by atoms with Gasteiger partial charge < -0.3 is 4.74 Å². The lowest BCUT2D eigenvalue weighted by atomic mass is 10.0. The van der Waals surface area contributed by atoms with Gasteiger partial charge in [0, 0.05) is 0 Å². The fourth-order valence-electron chi connectivity index (χ4n) is 1.27. The molecule has 0 aromatic heterocycles. The van der Waals surface area contributed by atoms with Crippen LogP contribution in [0, 0.1) is 5.92 Å². The Morgan fingerprint density at radius 2 is 2.40 bits per heavy atom. The third-order valence-corrected chi connectivity index (χ3v) is 2.02. The Kier molecular flexibility index (Phi) is 2.72. The summed E-state index contributed by atoms with van der Waals surface area (Å²) in [6.07, 6.45) is 4.14. The van der Waals surface area contributed by atoms with Gasteiger partial charge in [0.2, 0.25) is 0 Å². The van der Waals surface area contributed by atoms with Gasteiger partial charge in [-0.3, -0.25) is 4.79 Å². The molecule has 0 saturated carbocycles. The predicted molar refractivity (Wildman–Crippen MR) is 38.6 cm³/mol. The van der Waals surface area contributed by atoms with Gasteiger partial charge in [-0.15, -0.1) is 0 Å². The fourth-order valence-corrected chi connectivity index (χ4v) is 1.27.